The van der Waals surface area contributed by atoms with Gasteiger partial charge in [-0.05, 0) is 23.8 Å². The number of amides is 2. The summed E-state index contributed by atoms with van der Waals surface area (Å²) >= 11 is 5.79. The van der Waals surface area contributed by atoms with Crippen LogP contribution in [0.1, 0.15) is 5.56 Å². The van der Waals surface area contributed by atoms with Crippen molar-refractivity contribution >= 4 is 23.6 Å². The average molecular weight is 352 g/mol. The monoisotopic (exact) mass is 351 g/mol. The zero-order valence-electron chi connectivity index (χ0n) is 12.4. The Balaban J connectivity index is 2.00. The Morgan fingerprint density at radius 2 is 1.92 bits per heavy atom. The van der Waals surface area contributed by atoms with Crippen molar-refractivity contribution in [3.63, 3.8) is 0 Å². The summed E-state index contributed by atoms with van der Waals surface area (Å²) in [5, 5.41) is 12.1. The molecular formula is C15H14ClN3O5. The number of aromatic hydroxyl groups is 1. The molecule has 24 heavy (non-hydrogen) atoms. The molecule has 1 aromatic carbocycles. The van der Waals surface area contributed by atoms with Gasteiger partial charge in [0.05, 0.1) is 6.54 Å². The number of ether oxygens (including phenoxy) is 2. The number of nitrogens with one attached hydrogen (secondary N) is 1. The van der Waals surface area contributed by atoms with Crippen molar-refractivity contribution in [3.8, 4) is 17.5 Å². The second-order valence-corrected chi connectivity index (χ2v) is 4.97. The van der Waals surface area contributed by atoms with Crippen LogP contribution >= 0.6 is 11.6 Å². The lowest BCUT2D eigenvalue weighted by Crippen LogP contribution is -2.37. The number of nitrogens with two attached hydrogens (primary N) is 1. The van der Waals surface area contributed by atoms with Gasteiger partial charge in [-0.25, -0.2) is 4.79 Å². The molecule has 0 saturated carbocycles. The Labute approximate surface area is 142 Å². The molecule has 2 rings (SSSR count). The van der Waals surface area contributed by atoms with E-state index in [1.807, 2.05) is 5.32 Å². The van der Waals surface area contributed by atoms with Crippen LogP contribution in [0.2, 0.25) is 5.02 Å². The highest BCUT2D eigenvalue weighted by atomic mass is 35.5. The molecule has 0 aliphatic heterocycles. The number of pyridine rings is 1. The van der Waals surface area contributed by atoms with Crippen molar-refractivity contribution in [2.75, 3.05) is 6.54 Å². The third-order valence-corrected chi connectivity index (χ3v) is 2.98. The third kappa shape index (κ3) is 5.11. The molecule has 4 N–H and O–H groups in total. The number of rotatable bonds is 5. The molecular weight excluding hydrogens is 338 g/mol. The number of hydrogen-bond acceptors (Lipinski definition) is 7. The minimum absolute atomic E-state index is 0.121. The first-order chi connectivity index (χ1) is 11.5. The molecule has 0 atom stereocenters. The molecule has 0 aliphatic carbocycles. The van der Waals surface area contributed by atoms with E-state index in [1.165, 1.54) is 12.1 Å². The smallest absolute Gasteiger partial charge is 0.420 e. The van der Waals surface area contributed by atoms with Crippen molar-refractivity contribution < 1.29 is 24.2 Å². The normalized spacial score (nSPS) is 10.1. The number of benzene rings is 1. The van der Waals surface area contributed by atoms with E-state index in [0.717, 1.165) is 5.56 Å². The van der Waals surface area contributed by atoms with Crippen LogP contribution in [0.4, 0.5) is 4.79 Å². The zero-order valence-corrected chi connectivity index (χ0v) is 13.1. The first kappa shape index (κ1) is 17.5. The molecule has 0 bridgehead atoms. The fourth-order valence-corrected chi connectivity index (χ4v) is 1.71. The van der Waals surface area contributed by atoms with Crippen LogP contribution in [0.25, 0.3) is 0 Å². The summed E-state index contributed by atoms with van der Waals surface area (Å²) in [5.41, 5.74) is 5.91. The van der Waals surface area contributed by atoms with Crippen molar-refractivity contribution in [1.29, 1.82) is 0 Å². The van der Waals surface area contributed by atoms with E-state index in [2.05, 4.69) is 4.98 Å². The standard InChI is InChI=1S/C15H14ClN3O5/c16-10-3-1-9(2-4-10)8-23-13-6-5-11(20)14(19-13)24-15(22)18-12(21)7-17/h1-6,20H,7-8,17H2,(H,18,21,22). The molecule has 0 aliphatic rings. The average Bonchev–Trinajstić information content (AvgIpc) is 2.56. The number of carbonyl (C=O) groups is 2. The molecule has 0 unspecified atom stereocenters. The maximum absolute atomic E-state index is 11.4. The first-order valence-corrected chi connectivity index (χ1v) is 7.14. The fraction of sp³-hybridized carbons (Fsp3) is 0.133. The minimum atomic E-state index is -1.11. The van der Waals surface area contributed by atoms with Crippen LogP contribution in [0, 0.1) is 0 Å². The Kier molecular flexibility index (Phi) is 5.94. The maximum atomic E-state index is 11.4. The summed E-state index contributed by atoms with van der Waals surface area (Å²) in [4.78, 5) is 26.3. The van der Waals surface area contributed by atoms with Gasteiger partial charge in [0.25, 0.3) is 5.88 Å². The van der Waals surface area contributed by atoms with Crippen LogP contribution in [0.15, 0.2) is 36.4 Å². The molecule has 0 saturated heterocycles. The lowest BCUT2D eigenvalue weighted by Gasteiger charge is -2.09. The molecule has 0 spiro atoms. The van der Waals surface area contributed by atoms with Gasteiger partial charge in [-0.2, -0.15) is 4.98 Å². The Bertz CT molecular complexity index is 736. The van der Waals surface area contributed by atoms with Crippen molar-refractivity contribution in [3.05, 3.63) is 47.0 Å². The van der Waals surface area contributed by atoms with Gasteiger partial charge in [-0.1, -0.05) is 23.7 Å². The van der Waals surface area contributed by atoms with E-state index in [0.29, 0.717) is 5.02 Å². The molecule has 2 aromatic rings. The van der Waals surface area contributed by atoms with Crippen LogP contribution in [0.5, 0.6) is 17.5 Å². The van der Waals surface area contributed by atoms with Gasteiger partial charge in [0.15, 0.2) is 5.75 Å². The SMILES string of the molecule is NCC(=O)NC(=O)Oc1nc(OCc2ccc(Cl)cc2)ccc1O. The topological polar surface area (TPSA) is 124 Å². The Morgan fingerprint density at radius 3 is 2.58 bits per heavy atom. The fourth-order valence-electron chi connectivity index (χ4n) is 1.59. The summed E-state index contributed by atoms with van der Waals surface area (Å²) in [6.07, 6.45) is -1.11. The molecule has 0 fully saturated rings. The summed E-state index contributed by atoms with van der Waals surface area (Å²) in [6, 6.07) is 9.66. The van der Waals surface area contributed by atoms with Crippen molar-refractivity contribution in [1.82, 2.24) is 10.3 Å². The second-order valence-electron chi connectivity index (χ2n) is 4.53. The number of nitrogens with zero attached hydrogens (tertiary/aromatic N) is 1. The molecule has 9 heteroatoms. The highest BCUT2D eigenvalue weighted by molar-refractivity contribution is 6.30. The van der Waals surface area contributed by atoms with Gasteiger partial charge in [-0.15, -0.1) is 0 Å². The minimum Gasteiger partial charge on any atom is -0.503 e. The van der Waals surface area contributed by atoms with E-state index in [9.17, 15) is 14.7 Å². The van der Waals surface area contributed by atoms with Gasteiger partial charge in [0.2, 0.25) is 11.8 Å². The molecule has 8 nitrogen and oxygen atoms in total. The predicted octanol–water partition coefficient (Wildman–Crippen LogP) is 1.59. The first-order valence-electron chi connectivity index (χ1n) is 6.77. The van der Waals surface area contributed by atoms with Crippen LogP contribution < -0.4 is 20.5 Å². The summed E-state index contributed by atoms with van der Waals surface area (Å²) < 4.78 is 10.2. The Hall–Kier alpha value is -2.84. The lowest BCUT2D eigenvalue weighted by atomic mass is 10.2. The number of carbonyl (C=O) groups excluding carboxylic acids is 2. The molecule has 0 radical (unpaired) electrons. The number of imide groups is 1. The van der Waals surface area contributed by atoms with E-state index >= 15 is 0 Å². The predicted molar refractivity (Wildman–Crippen MR) is 84.9 cm³/mol. The van der Waals surface area contributed by atoms with Crippen molar-refractivity contribution in [2.45, 2.75) is 6.61 Å². The molecule has 2 amide bonds. The summed E-state index contributed by atoms with van der Waals surface area (Å²) in [5.74, 6) is -1.39. The highest BCUT2D eigenvalue weighted by Crippen LogP contribution is 2.26. The summed E-state index contributed by atoms with van der Waals surface area (Å²) in [7, 11) is 0. The van der Waals surface area contributed by atoms with Gasteiger partial charge < -0.3 is 20.3 Å². The second kappa shape index (κ2) is 8.14. The van der Waals surface area contributed by atoms with Crippen LogP contribution in [-0.4, -0.2) is 28.6 Å². The summed E-state index contributed by atoms with van der Waals surface area (Å²) in [6.45, 7) is -0.176. The number of aromatic nitrogens is 1. The van der Waals surface area contributed by atoms with Crippen LogP contribution in [-0.2, 0) is 11.4 Å². The van der Waals surface area contributed by atoms with Gasteiger partial charge >= 0.3 is 6.09 Å². The highest BCUT2D eigenvalue weighted by Gasteiger charge is 2.14. The van der Waals surface area contributed by atoms with E-state index in [-0.39, 0.29) is 24.8 Å². The van der Waals surface area contributed by atoms with Crippen LogP contribution in [0.3, 0.4) is 0 Å². The largest absolute Gasteiger partial charge is 0.503 e. The quantitative estimate of drug-likeness (QED) is 0.747. The maximum Gasteiger partial charge on any atom is 0.420 e. The Morgan fingerprint density at radius 1 is 1.21 bits per heavy atom. The van der Waals surface area contributed by atoms with Crippen molar-refractivity contribution in [2.24, 2.45) is 5.73 Å². The number of hydrogen-bond donors (Lipinski definition) is 3. The molecule has 1 aromatic heterocycles. The van der Waals surface area contributed by atoms with Gasteiger partial charge in [0, 0.05) is 11.1 Å². The molecule has 1 heterocycles. The lowest BCUT2D eigenvalue weighted by molar-refractivity contribution is -0.118. The number of halogens is 1. The third-order valence-electron chi connectivity index (χ3n) is 2.73. The molecule has 126 valence electrons. The van der Waals surface area contributed by atoms with Gasteiger partial charge in [-0.3, -0.25) is 10.1 Å². The van der Waals surface area contributed by atoms with Gasteiger partial charge in [0.1, 0.15) is 6.61 Å². The van der Waals surface area contributed by atoms with E-state index < -0.39 is 17.9 Å². The van der Waals surface area contributed by atoms with E-state index in [4.69, 9.17) is 26.8 Å². The van der Waals surface area contributed by atoms with E-state index in [1.54, 1.807) is 24.3 Å². The zero-order chi connectivity index (χ0) is 17.5.